The molecule has 34 heavy (non-hydrogen) atoms. The smallest absolute Gasteiger partial charge is 0.407 e. The number of rotatable bonds is 6. The molecule has 10 heteroatoms. The maximum Gasteiger partial charge on any atom is 0.407 e. The van der Waals surface area contributed by atoms with Crippen LogP contribution in [0, 0.1) is 11.3 Å². The number of aromatic nitrogens is 1. The van der Waals surface area contributed by atoms with E-state index in [1.807, 2.05) is 6.07 Å². The van der Waals surface area contributed by atoms with Gasteiger partial charge < -0.3 is 20.3 Å². The van der Waals surface area contributed by atoms with Gasteiger partial charge in [0, 0.05) is 42.9 Å². The summed E-state index contributed by atoms with van der Waals surface area (Å²) in [6.07, 6.45) is 6.45. The van der Waals surface area contributed by atoms with Crippen molar-refractivity contribution in [2.24, 2.45) is 0 Å². The first-order chi connectivity index (χ1) is 16.2. The van der Waals surface area contributed by atoms with Crippen LogP contribution in [0.1, 0.15) is 48.8 Å². The Morgan fingerprint density at radius 3 is 2.82 bits per heavy atom. The number of thiophene rings is 1. The highest BCUT2D eigenvalue weighted by Gasteiger charge is 2.27. The van der Waals surface area contributed by atoms with Crippen LogP contribution < -0.4 is 10.6 Å². The topological polar surface area (TPSA) is 124 Å². The van der Waals surface area contributed by atoms with E-state index < -0.39 is 11.7 Å². The normalized spacial score (nSPS) is 13.2. The second kappa shape index (κ2) is 10.9. The lowest BCUT2D eigenvalue weighted by atomic mass is 10.0. The molecule has 1 aliphatic rings. The first kappa shape index (κ1) is 24.9. The number of fused-ring (bicyclic) bond motifs is 1. The summed E-state index contributed by atoms with van der Waals surface area (Å²) in [4.78, 5) is 43.3. The molecule has 0 fully saturated rings. The van der Waals surface area contributed by atoms with Gasteiger partial charge in [-0.25, -0.2) is 4.79 Å². The van der Waals surface area contributed by atoms with Crippen molar-refractivity contribution in [2.75, 3.05) is 18.4 Å². The van der Waals surface area contributed by atoms with Crippen LogP contribution in [0.4, 0.5) is 9.80 Å². The van der Waals surface area contributed by atoms with E-state index in [9.17, 15) is 19.6 Å². The number of carbonyl (C=O) groups is 3. The van der Waals surface area contributed by atoms with Crippen LogP contribution in [0.5, 0.6) is 0 Å². The zero-order chi connectivity index (χ0) is 24.7. The fourth-order valence-corrected chi connectivity index (χ4v) is 4.58. The fourth-order valence-electron chi connectivity index (χ4n) is 3.37. The lowest BCUT2D eigenvalue weighted by Crippen LogP contribution is -2.38. The number of alkyl carbamates (subject to hydrolysis) is 1. The van der Waals surface area contributed by atoms with E-state index >= 15 is 0 Å². The summed E-state index contributed by atoms with van der Waals surface area (Å²) in [5, 5.41) is 15.5. The molecular formula is C24H27N5O4S. The summed E-state index contributed by atoms with van der Waals surface area (Å²) in [5.74, 6) is -0.446. The van der Waals surface area contributed by atoms with E-state index in [-0.39, 0.29) is 24.8 Å². The largest absolute Gasteiger partial charge is 0.444 e. The number of pyridine rings is 1. The first-order valence-electron chi connectivity index (χ1n) is 10.8. The summed E-state index contributed by atoms with van der Waals surface area (Å²) in [7, 11) is 0. The molecule has 0 aromatic carbocycles. The van der Waals surface area contributed by atoms with E-state index in [2.05, 4.69) is 21.7 Å². The van der Waals surface area contributed by atoms with Gasteiger partial charge in [0.25, 0.3) is 0 Å². The summed E-state index contributed by atoms with van der Waals surface area (Å²) in [6, 6.07) is 5.80. The molecule has 0 atom stereocenters. The number of amides is 3. The molecule has 0 aliphatic carbocycles. The second-order valence-electron chi connectivity index (χ2n) is 8.67. The molecule has 0 radical (unpaired) electrons. The molecule has 3 rings (SSSR count). The molecule has 2 aromatic heterocycles. The average molecular weight is 482 g/mol. The standard InChI is InChI=1S/C24H27N5O4S/c1-24(2,3)33-23(32)27-11-8-21(31)29-12-9-17-18(13-25)22(34-19(17)15-29)28-20(30)7-6-16-5-4-10-26-14-16/h4-7,10,14H,8-9,11-12,15H2,1-3H3,(H,27,32)(H,28,30)/b7-6+. The van der Waals surface area contributed by atoms with Gasteiger partial charge in [-0.15, -0.1) is 11.3 Å². The molecule has 1 aliphatic heterocycles. The van der Waals surface area contributed by atoms with Crippen molar-refractivity contribution in [1.82, 2.24) is 15.2 Å². The van der Waals surface area contributed by atoms with Gasteiger partial charge in [-0.2, -0.15) is 5.26 Å². The fraction of sp³-hybridized carbons (Fsp3) is 0.375. The Bertz CT molecular complexity index is 1130. The van der Waals surface area contributed by atoms with Gasteiger partial charge in [-0.3, -0.25) is 14.6 Å². The molecule has 2 N–H and O–H groups in total. The third-order valence-corrected chi connectivity index (χ3v) is 6.01. The Hall–Kier alpha value is -3.71. The zero-order valence-electron chi connectivity index (χ0n) is 19.4. The van der Waals surface area contributed by atoms with Gasteiger partial charge in [-0.05, 0) is 50.5 Å². The van der Waals surface area contributed by atoms with Gasteiger partial charge in [0.1, 0.15) is 16.7 Å². The molecule has 9 nitrogen and oxygen atoms in total. The Morgan fingerprint density at radius 1 is 1.35 bits per heavy atom. The molecule has 0 unspecified atom stereocenters. The number of nitriles is 1. The van der Waals surface area contributed by atoms with Crippen LogP contribution in [0.25, 0.3) is 6.08 Å². The molecule has 0 spiro atoms. The lowest BCUT2D eigenvalue weighted by molar-refractivity contribution is -0.131. The molecule has 0 saturated carbocycles. The average Bonchev–Trinajstić information content (AvgIpc) is 3.13. The molecule has 178 valence electrons. The summed E-state index contributed by atoms with van der Waals surface area (Å²) >= 11 is 1.31. The van der Waals surface area contributed by atoms with Crippen molar-refractivity contribution >= 4 is 40.3 Å². The number of nitrogens with one attached hydrogen (secondary N) is 2. The van der Waals surface area contributed by atoms with E-state index in [0.29, 0.717) is 30.1 Å². The minimum atomic E-state index is -0.601. The molecule has 0 bridgehead atoms. The van der Waals surface area contributed by atoms with E-state index in [0.717, 1.165) is 16.0 Å². The van der Waals surface area contributed by atoms with Crippen molar-refractivity contribution in [3.05, 3.63) is 52.2 Å². The van der Waals surface area contributed by atoms with Crippen molar-refractivity contribution in [3.8, 4) is 6.07 Å². The van der Waals surface area contributed by atoms with E-state index in [1.165, 1.54) is 17.4 Å². The number of carbonyl (C=O) groups excluding carboxylic acids is 3. The van der Waals surface area contributed by atoms with Gasteiger partial charge in [0.2, 0.25) is 11.8 Å². The third-order valence-electron chi connectivity index (χ3n) is 4.88. The second-order valence-corrected chi connectivity index (χ2v) is 9.78. The third kappa shape index (κ3) is 6.89. The Balaban J connectivity index is 1.58. The monoisotopic (exact) mass is 481 g/mol. The lowest BCUT2D eigenvalue weighted by Gasteiger charge is -2.27. The Labute approximate surface area is 202 Å². The minimum Gasteiger partial charge on any atom is -0.444 e. The molecule has 3 amide bonds. The van der Waals surface area contributed by atoms with Crippen molar-refractivity contribution < 1.29 is 19.1 Å². The highest BCUT2D eigenvalue weighted by Crippen LogP contribution is 2.36. The Morgan fingerprint density at radius 2 is 2.15 bits per heavy atom. The highest BCUT2D eigenvalue weighted by molar-refractivity contribution is 7.16. The number of hydrogen-bond acceptors (Lipinski definition) is 7. The maximum absolute atomic E-state index is 12.6. The van der Waals surface area contributed by atoms with Crippen molar-refractivity contribution in [2.45, 2.75) is 45.8 Å². The first-order valence-corrected chi connectivity index (χ1v) is 11.7. The van der Waals surface area contributed by atoms with E-state index in [1.54, 1.807) is 50.2 Å². The van der Waals surface area contributed by atoms with Crippen molar-refractivity contribution in [1.29, 1.82) is 5.26 Å². The summed E-state index contributed by atoms with van der Waals surface area (Å²) in [6.45, 7) is 6.32. The maximum atomic E-state index is 12.6. The minimum absolute atomic E-state index is 0.0985. The van der Waals surface area contributed by atoms with Gasteiger partial charge in [0.15, 0.2) is 0 Å². The predicted octanol–water partition coefficient (Wildman–Crippen LogP) is 3.47. The molecule has 0 saturated heterocycles. The number of hydrogen-bond donors (Lipinski definition) is 2. The molecule has 2 aromatic rings. The van der Waals surface area contributed by atoms with Gasteiger partial charge >= 0.3 is 6.09 Å². The van der Waals surface area contributed by atoms with Crippen molar-refractivity contribution in [3.63, 3.8) is 0 Å². The Kier molecular flexibility index (Phi) is 8.02. The SMILES string of the molecule is CC(C)(C)OC(=O)NCCC(=O)N1CCc2c(sc(NC(=O)/C=C/c3cccnc3)c2C#N)C1. The van der Waals surface area contributed by atoms with Crippen LogP contribution in [-0.2, 0) is 27.3 Å². The van der Waals surface area contributed by atoms with Gasteiger partial charge in [-0.1, -0.05) is 6.07 Å². The number of nitrogens with zero attached hydrogens (tertiary/aromatic N) is 3. The molecule has 3 heterocycles. The van der Waals surface area contributed by atoms with E-state index in [4.69, 9.17) is 4.74 Å². The van der Waals surface area contributed by atoms with Gasteiger partial charge in [0.05, 0.1) is 12.1 Å². The summed E-state index contributed by atoms with van der Waals surface area (Å²) < 4.78 is 5.17. The zero-order valence-corrected chi connectivity index (χ0v) is 20.2. The van der Waals surface area contributed by atoms with Crippen LogP contribution >= 0.6 is 11.3 Å². The molecular weight excluding hydrogens is 454 g/mol. The van der Waals surface area contributed by atoms with Crippen LogP contribution in [0.15, 0.2) is 30.6 Å². The predicted molar refractivity (Wildman–Crippen MR) is 129 cm³/mol. The summed E-state index contributed by atoms with van der Waals surface area (Å²) in [5.41, 5.74) is 1.51. The highest BCUT2D eigenvalue weighted by atomic mass is 32.1. The van der Waals surface area contributed by atoms with Crippen LogP contribution in [0.2, 0.25) is 0 Å². The number of ether oxygens (including phenoxy) is 1. The number of anilines is 1. The quantitative estimate of drug-likeness (QED) is 0.609. The van der Waals surface area contributed by atoms with Crippen LogP contribution in [0.3, 0.4) is 0 Å². The van der Waals surface area contributed by atoms with Crippen LogP contribution in [-0.4, -0.2) is 46.5 Å².